The molecule has 1 amide bonds. The molecule has 0 saturated heterocycles. The number of anilines is 1. The number of para-hydroxylation sites is 1. The van der Waals surface area contributed by atoms with Gasteiger partial charge in [0.1, 0.15) is 0 Å². The number of carbonyl (C=O) groups is 2. The van der Waals surface area contributed by atoms with Crippen molar-refractivity contribution in [2.24, 2.45) is 11.8 Å². The number of benzene rings is 1. The number of hydrogen-bond donors (Lipinski definition) is 1. The van der Waals surface area contributed by atoms with Crippen molar-refractivity contribution >= 4 is 17.6 Å². The summed E-state index contributed by atoms with van der Waals surface area (Å²) in [6.07, 6.45) is 2.72. The van der Waals surface area contributed by atoms with Crippen LogP contribution in [0.25, 0.3) is 0 Å². The number of carboxylic acids is 1. The van der Waals surface area contributed by atoms with E-state index in [9.17, 15) is 9.59 Å². The van der Waals surface area contributed by atoms with Crippen LogP contribution in [0.3, 0.4) is 0 Å². The van der Waals surface area contributed by atoms with Crippen LogP contribution in [0.15, 0.2) is 24.3 Å². The van der Waals surface area contributed by atoms with Crippen LogP contribution in [0.2, 0.25) is 0 Å². The van der Waals surface area contributed by atoms with Gasteiger partial charge in [0.15, 0.2) is 0 Å². The molecular weight excluding hydrogens is 242 g/mol. The van der Waals surface area contributed by atoms with Crippen molar-refractivity contribution in [1.82, 2.24) is 0 Å². The second kappa shape index (κ2) is 4.68. The maximum atomic E-state index is 12.5. The molecule has 1 N–H and O–H groups in total. The van der Waals surface area contributed by atoms with E-state index >= 15 is 0 Å². The van der Waals surface area contributed by atoms with Gasteiger partial charge < -0.3 is 10.0 Å². The van der Waals surface area contributed by atoms with Crippen LogP contribution in [-0.4, -0.2) is 23.5 Å². The Balaban J connectivity index is 1.74. The Morgan fingerprint density at radius 3 is 2.63 bits per heavy atom. The van der Waals surface area contributed by atoms with E-state index in [2.05, 4.69) is 6.07 Å². The first kappa shape index (κ1) is 12.2. The Labute approximate surface area is 112 Å². The zero-order chi connectivity index (χ0) is 13.4. The number of hydrogen-bond acceptors (Lipinski definition) is 2. The summed E-state index contributed by atoms with van der Waals surface area (Å²) >= 11 is 0. The molecular formula is C15H17NO3. The molecule has 1 saturated carbocycles. The second-order valence-corrected chi connectivity index (χ2v) is 5.41. The third-order valence-corrected chi connectivity index (χ3v) is 4.28. The number of aliphatic carboxylic acids is 1. The molecule has 1 aromatic rings. The number of fused-ring (bicyclic) bond motifs is 1. The number of carboxylic acid groups (broad SMARTS) is 1. The van der Waals surface area contributed by atoms with Crippen LogP contribution in [0.4, 0.5) is 5.69 Å². The quantitative estimate of drug-likeness (QED) is 0.884. The third-order valence-electron chi connectivity index (χ3n) is 4.28. The van der Waals surface area contributed by atoms with Crippen molar-refractivity contribution in [2.45, 2.75) is 25.7 Å². The Kier molecular flexibility index (Phi) is 3.01. The largest absolute Gasteiger partial charge is 0.481 e. The highest BCUT2D eigenvalue weighted by atomic mass is 16.4. The summed E-state index contributed by atoms with van der Waals surface area (Å²) in [5.74, 6) is -1.12. The van der Waals surface area contributed by atoms with E-state index in [1.54, 1.807) is 0 Å². The molecule has 1 fully saturated rings. The molecule has 4 nitrogen and oxygen atoms in total. The highest BCUT2D eigenvalue weighted by molar-refractivity contribution is 5.97. The maximum absolute atomic E-state index is 12.5. The molecule has 2 unspecified atom stereocenters. The minimum Gasteiger partial charge on any atom is -0.481 e. The van der Waals surface area contributed by atoms with Gasteiger partial charge in [-0.1, -0.05) is 18.2 Å². The van der Waals surface area contributed by atoms with Crippen molar-refractivity contribution in [3.63, 3.8) is 0 Å². The van der Waals surface area contributed by atoms with Gasteiger partial charge in [-0.25, -0.2) is 0 Å². The van der Waals surface area contributed by atoms with Crippen LogP contribution in [0.1, 0.15) is 24.8 Å². The predicted molar refractivity (Wildman–Crippen MR) is 71.0 cm³/mol. The summed E-state index contributed by atoms with van der Waals surface area (Å²) < 4.78 is 0. The highest BCUT2D eigenvalue weighted by Crippen LogP contribution is 2.36. The minimum absolute atomic E-state index is 0.105. The first-order valence-electron chi connectivity index (χ1n) is 6.79. The Bertz CT molecular complexity index is 526. The Hall–Kier alpha value is -1.84. The van der Waals surface area contributed by atoms with Gasteiger partial charge >= 0.3 is 5.97 Å². The zero-order valence-corrected chi connectivity index (χ0v) is 10.7. The van der Waals surface area contributed by atoms with E-state index < -0.39 is 5.97 Å². The van der Waals surface area contributed by atoms with E-state index in [1.165, 1.54) is 5.56 Å². The molecule has 4 heteroatoms. The van der Waals surface area contributed by atoms with E-state index in [-0.39, 0.29) is 17.7 Å². The first-order valence-corrected chi connectivity index (χ1v) is 6.79. The van der Waals surface area contributed by atoms with Crippen molar-refractivity contribution in [2.75, 3.05) is 11.4 Å². The summed E-state index contributed by atoms with van der Waals surface area (Å²) in [4.78, 5) is 25.3. The van der Waals surface area contributed by atoms with Gasteiger partial charge in [0, 0.05) is 18.2 Å². The molecule has 0 bridgehead atoms. The van der Waals surface area contributed by atoms with Gasteiger partial charge in [-0.15, -0.1) is 0 Å². The smallest absolute Gasteiger partial charge is 0.306 e. The maximum Gasteiger partial charge on any atom is 0.306 e. The predicted octanol–water partition coefficient (Wildman–Crippen LogP) is 2.08. The Morgan fingerprint density at radius 1 is 1.16 bits per heavy atom. The number of nitrogens with zero attached hydrogens (tertiary/aromatic N) is 1. The molecule has 19 heavy (non-hydrogen) atoms. The monoisotopic (exact) mass is 259 g/mol. The summed E-state index contributed by atoms with van der Waals surface area (Å²) in [6, 6.07) is 7.96. The lowest BCUT2D eigenvalue weighted by Gasteiger charge is -2.21. The van der Waals surface area contributed by atoms with Gasteiger partial charge in [0.05, 0.1) is 5.92 Å². The highest BCUT2D eigenvalue weighted by Gasteiger charge is 2.37. The third kappa shape index (κ3) is 2.11. The van der Waals surface area contributed by atoms with Gasteiger partial charge in [-0.05, 0) is 37.3 Å². The fourth-order valence-corrected chi connectivity index (χ4v) is 3.22. The van der Waals surface area contributed by atoms with Crippen molar-refractivity contribution in [3.05, 3.63) is 29.8 Å². The van der Waals surface area contributed by atoms with Gasteiger partial charge in [-0.2, -0.15) is 0 Å². The van der Waals surface area contributed by atoms with Gasteiger partial charge in [0.2, 0.25) is 5.91 Å². The van der Waals surface area contributed by atoms with Crippen LogP contribution in [0, 0.1) is 11.8 Å². The molecule has 0 aromatic heterocycles. The number of carbonyl (C=O) groups excluding carboxylic acids is 1. The van der Waals surface area contributed by atoms with E-state index in [0.29, 0.717) is 19.3 Å². The Morgan fingerprint density at radius 2 is 1.89 bits per heavy atom. The lowest BCUT2D eigenvalue weighted by molar-refractivity contribution is -0.141. The van der Waals surface area contributed by atoms with Crippen molar-refractivity contribution in [1.29, 1.82) is 0 Å². The summed E-state index contributed by atoms with van der Waals surface area (Å²) in [6.45, 7) is 0.729. The van der Waals surface area contributed by atoms with Crippen molar-refractivity contribution < 1.29 is 14.7 Å². The number of rotatable bonds is 2. The van der Waals surface area contributed by atoms with E-state index in [0.717, 1.165) is 18.7 Å². The molecule has 1 aliphatic heterocycles. The average molecular weight is 259 g/mol. The molecule has 0 radical (unpaired) electrons. The molecule has 100 valence electrons. The summed E-state index contributed by atoms with van der Waals surface area (Å²) in [7, 11) is 0. The normalized spacial score (nSPS) is 25.4. The number of amides is 1. The van der Waals surface area contributed by atoms with Crippen LogP contribution in [-0.2, 0) is 16.0 Å². The molecule has 3 rings (SSSR count). The van der Waals surface area contributed by atoms with E-state index in [1.807, 2.05) is 23.1 Å². The van der Waals surface area contributed by atoms with Crippen LogP contribution in [0.5, 0.6) is 0 Å². The standard InChI is InChI=1S/C15H17NO3/c17-14(11-5-6-12(9-11)15(18)19)16-8-7-10-3-1-2-4-13(10)16/h1-4,11-12H,5-9H2,(H,18,19). The second-order valence-electron chi connectivity index (χ2n) is 5.41. The molecule has 1 heterocycles. The fourth-order valence-electron chi connectivity index (χ4n) is 3.22. The molecule has 2 aliphatic rings. The summed E-state index contributed by atoms with van der Waals surface area (Å²) in [5, 5.41) is 9.01. The topological polar surface area (TPSA) is 57.6 Å². The minimum atomic E-state index is -0.767. The molecule has 1 aliphatic carbocycles. The average Bonchev–Trinajstić information content (AvgIpc) is 3.05. The first-order chi connectivity index (χ1) is 9.16. The van der Waals surface area contributed by atoms with Gasteiger partial charge in [0.25, 0.3) is 0 Å². The molecule has 0 spiro atoms. The van der Waals surface area contributed by atoms with Crippen molar-refractivity contribution in [3.8, 4) is 0 Å². The SMILES string of the molecule is O=C(O)C1CCC(C(=O)N2CCc3ccccc32)C1. The lowest BCUT2D eigenvalue weighted by Crippen LogP contribution is -2.34. The van der Waals surface area contributed by atoms with Gasteiger partial charge in [-0.3, -0.25) is 9.59 Å². The lowest BCUT2D eigenvalue weighted by atomic mass is 10.0. The zero-order valence-electron chi connectivity index (χ0n) is 10.7. The van der Waals surface area contributed by atoms with E-state index in [4.69, 9.17) is 5.11 Å². The molecule has 1 aromatic carbocycles. The van der Waals surface area contributed by atoms with Crippen LogP contribution >= 0.6 is 0 Å². The summed E-state index contributed by atoms with van der Waals surface area (Å²) in [5.41, 5.74) is 2.22. The van der Waals surface area contributed by atoms with Crippen LogP contribution < -0.4 is 4.90 Å². The molecule has 2 atom stereocenters. The fraction of sp³-hybridized carbons (Fsp3) is 0.467.